The maximum absolute atomic E-state index is 10.3. The third-order valence-corrected chi connectivity index (χ3v) is 2.28. The molecule has 0 spiro atoms. The second-order valence-corrected chi connectivity index (χ2v) is 3.07. The number of carboxylic acids is 1. The van der Waals surface area contributed by atoms with Crippen molar-refractivity contribution in [3.05, 3.63) is 0 Å². The molecule has 0 aromatic carbocycles. The molecule has 1 heterocycles. The van der Waals surface area contributed by atoms with Crippen LogP contribution >= 0.6 is 24.2 Å². The Labute approximate surface area is 70.0 Å². The van der Waals surface area contributed by atoms with Crippen LogP contribution in [-0.2, 0) is 4.79 Å². The van der Waals surface area contributed by atoms with Crippen molar-refractivity contribution >= 4 is 30.1 Å². The lowest BCUT2D eigenvalue weighted by atomic mass is 10.3. The van der Waals surface area contributed by atoms with E-state index in [1.165, 1.54) is 0 Å². The normalized spacial score (nSPS) is 25.0. The second-order valence-electron chi connectivity index (χ2n) is 1.92. The van der Waals surface area contributed by atoms with Gasteiger partial charge in [0.1, 0.15) is 6.04 Å². The first-order valence-corrected chi connectivity index (χ1v) is 4.00. The summed E-state index contributed by atoms with van der Waals surface area (Å²) in [6.07, 6.45) is 0. The lowest BCUT2D eigenvalue weighted by Gasteiger charge is -2.18. The number of carboxylic acid groups (broad SMARTS) is 1. The Kier molecular flexibility index (Phi) is 4.85. The Bertz CT molecular complexity index is 116. The summed E-state index contributed by atoms with van der Waals surface area (Å²) in [7, 11) is 0. The Morgan fingerprint density at radius 3 is 2.70 bits per heavy atom. The molecule has 1 aliphatic rings. The molecule has 0 unspecified atom stereocenters. The molecule has 10 heavy (non-hydrogen) atoms. The quantitative estimate of drug-likeness (QED) is 0.610. The molecule has 1 fully saturated rings. The Morgan fingerprint density at radius 1 is 1.70 bits per heavy atom. The molecule has 60 valence electrons. The number of nitrogens with one attached hydrogen (secondary N) is 1. The largest absolute Gasteiger partial charge is 0.480 e. The van der Waals surface area contributed by atoms with Crippen LogP contribution < -0.4 is 5.32 Å². The minimum absolute atomic E-state index is 0. The van der Waals surface area contributed by atoms with Gasteiger partial charge in [-0.3, -0.25) is 4.79 Å². The molecular weight excluding hydrogens is 174 g/mol. The summed E-state index contributed by atoms with van der Waals surface area (Å²) >= 11 is 1.69. The fourth-order valence-corrected chi connectivity index (χ4v) is 1.65. The Morgan fingerprint density at radius 2 is 2.40 bits per heavy atom. The summed E-state index contributed by atoms with van der Waals surface area (Å²) in [5.74, 6) is 1.00. The molecule has 5 heteroatoms. The number of halogens is 1. The smallest absolute Gasteiger partial charge is 0.321 e. The van der Waals surface area contributed by atoms with Crippen molar-refractivity contribution in [1.29, 1.82) is 0 Å². The van der Waals surface area contributed by atoms with E-state index >= 15 is 0 Å². The van der Waals surface area contributed by atoms with E-state index in [9.17, 15) is 4.79 Å². The summed E-state index contributed by atoms with van der Waals surface area (Å²) in [6.45, 7) is 0.821. The minimum Gasteiger partial charge on any atom is -0.480 e. The zero-order valence-corrected chi connectivity index (χ0v) is 7.00. The fraction of sp³-hybridized carbons (Fsp3) is 0.800. The molecule has 0 saturated carbocycles. The van der Waals surface area contributed by atoms with Gasteiger partial charge < -0.3 is 10.4 Å². The van der Waals surface area contributed by atoms with Gasteiger partial charge in [0.05, 0.1) is 0 Å². The van der Waals surface area contributed by atoms with Gasteiger partial charge in [0.25, 0.3) is 0 Å². The van der Waals surface area contributed by atoms with Gasteiger partial charge in [-0.15, -0.1) is 12.4 Å². The third kappa shape index (κ3) is 2.77. The van der Waals surface area contributed by atoms with Gasteiger partial charge in [0, 0.05) is 18.1 Å². The number of rotatable bonds is 1. The SMILES string of the molecule is Cl.O=C(O)[C@@H]1CSCCN1. The minimum atomic E-state index is -0.734. The van der Waals surface area contributed by atoms with Gasteiger partial charge >= 0.3 is 5.97 Å². The van der Waals surface area contributed by atoms with Gasteiger partial charge in [-0.2, -0.15) is 11.8 Å². The van der Waals surface area contributed by atoms with E-state index in [1.807, 2.05) is 0 Å². The molecule has 0 radical (unpaired) electrons. The molecule has 3 nitrogen and oxygen atoms in total. The lowest BCUT2D eigenvalue weighted by Crippen LogP contribution is -2.43. The monoisotopic (exact) mass is 183 g/mol. The van der Waals surface area contributed by atoms with E-state index in [4.69, 9.17) is 5.11 Å². The summed E-state index contributed by atoms with van der Waals surface area (Å²) in [6, 6.07) is -0.316. The van der Waals surface area contributed by atoms with E-state index in [0.717, 1.165) is 12.3 Å². The molecule has 1 saturated heterocycles. The fourth-order valence-electron chi connectivity index (χ4n) is 0.724. The van der Waals surface area contributed by atoms with E-state index < -0.39 is 5.97 Å². The highest BCUT2D eigenvalue weighted by Gasteiger charge is 2.18. The molecule has 0 aromatic heterocycles. The van der Waals surface area contributed by atoms with Crippen LogP contribution in [0.4, 0.5) is 0 Å². The van der Waals surface area contributed by atoms with Crippen LogP contribution in [0.2, 0.25) is 0 Å². The summed E-state index contributed by atoms with van der Waals surface area (Å²) < 4.78 is 0. The molecule has 1 atom stereocenters. The summed E-state index contributed by atoms with van der Waals surface area (Å²) in [4.78, 5) is 10.3. The Hall–Kier alpha value is 0.0700. The maximum atomic E-state index is 10.3. The number of hydrogen-bond donors (Lipinski definition) is 2. The van der Waals surface area contributed by atoms with Crippen LogP contribution in [0.25, 0.3) is 0 Å². The van der Waals surface area contributed by atoms with Gasteiger partial charge in [-0.25, -0.2) is 0 Å². The van der Waals surface area contributed by atoms with Crippen molar-refractivity contribution in [1.82, 2.24) is 5.32 Å². The van der Waals surface area contributed by atoms with E-state index in [1.54, 1.807) is 11.8 Å². The molecule has 0 amide bonds. The first-order chi connectivity index (χ1) is 4.30. The van der Waals surface area contributed by atoms with E-state index in [-0.39, 0.29) is 18.4 Å². The molecular formula is C5H10ClNO2S. The van der Waals surface area contributed by atoms with Crippen LogP contribution in [0.1, 0.15) is 0 Å². The second kappa shape index (κ2) is 4.82. The van der Waals surface area contributed by atoms with Gasteiger partial charge in [-0.05, 0) is 0 Å². The highest BCUT2D eigenvalue weighted by molar-refractivity contribution is 7.99. The van der Waals surface area contributed by atoms with Crippen molar-refractivity contribution in [2.75, 3.05) is 18.1 Å². The van der Waals surface area contributed by atoms with Crippen molar-refractivity contribution in [3.8, 4) is 0 Å². The van der Waals surface area contributed by atoms with Crippen LogP contribution in [0.15, 0.2) is 0 Å². The molecule has 0 bridgehead atoms. The van der Waals surface area contributed by atoms with Crippen molar-refractivity contribution in [3.63, 3.8) is 0 Å². The zero-order chi connectivity index (χ0) is 6.69. The maximum Gasteiger partial charge on any atom is 0.321 e. The van der Waals surface area contributed by atoms with E-state index in [2.05, 4.69) is 5.32 Å². The predicted molar refractivity (Wildman–Crippen MR) is 44.0 cm³/mol. The average Bonchev–Trinajstić information content (AvgIpc) is 1.90. The van der Waals surface area contributed by atoms with Gasteiger partial charge in [-0.1, -0.05) is 0 Å². The van der Waals surface area contributed by atoms with Crippen molar-refractivity contribution < 1.29 is 9.90 Å². The zero-order valence-electron chi connectivity index (χ0n) is 5.37. The van der Waals surface area contributed by atoms with Crippen LogP contribution in [-0.4, -0.2) is 35.2 Å². The van der Waals surface area contributed by atoms with Gasteiger partial charge in [0.15, 0.2) is 0 Å². The van der Waals surface area contributed by atoms with Crippen LogP contribution in [0, 0.1) is 0 Å². The topological polar surface area (TPSA) is 49.3 Å². The number of aliphatic carboxylic acids is 1. The Balaban J connectivity index is 0.000000810. The standard InChI is InChI=1S/C5H9NO2S.ClH/c7-5(8)4-3-9-2-1-6-4;/h4,6H,1-3H2,(H,7,8);1H/t4-;/m0./s1. The number of carbonyl (C=O) groups is 1. The number of thioether (sulfide) groups is 1. The van der Waals surface area contributed by atoms with E-state index in [0.29, 0.717) is 5.75 Å². The average molecular weight is 184 g/mol. The number of hydrogen-bond acceptors (Lipinski definition) is 3. The highest BCUT2D eigenvalue weighted by atomic mass is 35.5. The molecule has 0 aliphatic carbocycles. The summed E-state index contributed by atoms with van der Waals surface area (Å²) in [5, 5.41) is 11.4. The molecule has 1 aliphatic heterocycles. The highest BCUT2D eigenvalue weighted by Crippen LogP contribution is 2.06. The van der Waals surface area contributed by atoms with Gasteiger partial charge in [0.2, 0.25) is 0 Å². The van der Waals surface area contributed by atoms with Crippen LogP contribution in [0.5, 0.6) is 0 Å². The first-order valence-electron chi connectivity index (χ1n) is 2.84. The third-order valence-electron chi connectivity index (χ3n) is 1.22. The molecule has 0 aromatic rings. The molecule has 1 rings (SSSR count). The predicted octanol–water partition coefficient (Wildman–Crippen LogP) is 0.198. The summed E-state index contributed by atoms with van der Waals surface area (Å²) in [5.41, 5.74) is 0. The van der Waals surface area contributed by atoms with Crippen molar-refractivity contribution in [2.24, 2.45) is 0 Å². The van der Waals surface area contributed by atoms with Crippen molar-refractivity contribution in [2.45, 2.75) is 6.04 Å². The lowest BCUT2D eigenvalue weighted by molar-refractivity contribution is -0.138. The molecule has 2 N–H and O–H groups in total. The van der Waals surface area contributed by atoms with Crippen LogP contribution in [0.3, 0.4) is 0 Å². The first kappa shape index (κ1) is 10.1.